The third kappa shape index (κ3) is 5.33. The zero-order chi connectivity index (χ0) is 12.8. The van der Waals surface area contributed by atoms with Gasteiger partial charge in [-0.3, -0.25) is 0 Å². The molecule has 0 bridgehead atoms. The molecule has 2 nitrogen and oxygen atoms in total. The quantitative estimate of drug-likeness (QED) is 0.821. The van der Waals surface area contributed by atoms with E-state index in [0.717, 1.165) is 12.0 Å². The van der Waals surface area contributed by atoms with Crippen molar-refractivity contribution in [3.05, 3.63) is 35.4 Å². The molecule has 0 amide bonds. The molecule has 1 N–H and O–H groups in total. The van der Waals surface area contributed by atoms with Gasteiger partial charge in [-0.2, -0.15) is 0 Å². The number of hydrogen-bond acceptors (Lipinski definition) is 2. The molecule has 0 saturated heterocycles. The van der Waals surface area contributed by atoms with E-state index < -0.39 is 6.10 Å². The number of aliphatic hydroxyl groups is 1. The number of aliphatic hydroxyl groups excluding tert-OH is 1. The van der Waals surface area contributed by atoms with Gasteiger partial charge in [-0.1, -0.05) is 38.1 Å². The van der Waals surface area contributed by atoms with E-state index >= 15 is 0 Å². The van der Waals surface area contributed by atoms with Crippen LogP contribution in [0.5, 0.6) is 0 Å². The van der Waals surface area contributed by atoms with Crippen molar-refractivity contribution in [1.29, 1.82) is 0 Å². The van der Waals surface area contributed by atoms with Crippen LogP contribution in [-0.4, -0.2) is 17.8 Å². The summed E-state index contributed by atoms with van der Waals surface area (Å²) < 4.78 is 5.40. The molecular weight excluding hydrogens is 212 g/mol. The summed E-state index contributed by atoms with van der Waals surface area (Å²) in [5.74, 6) is 0.662. The predicted molar refractivity (Wildman–Crippen MR) is 71.0 cm³/mol. The molecule has 0 saturated carbocycles. The van der Waals surface area contributed by atoms with E-state index in [2.05, 4.69) is 26.0 Å². The predicted octanol–water partition coefficient (Wildman–Crippen LogP) is 3.34. The van der Waals surface area contributed by atoms with Gasteiger partial charge in [0.2, 0.25) is 0 Å². The Bertz CT molecular complexity index is 314. The van der Waals surface area contributed by atoms with Crippen LogP contribution in [0.25, 0.3) is 0 Å². The lowest BCUT2D eigenvalue weighted by Gasteiger charge is -2.14. The van der Waals surface area contributed by atoms with E-state index in [0.29, 0.717) is 12.5 Å². The number of benzene rings is 1. The molecule has 1 aromatic carbocycles. The van der Waals surface area contributed by atoms with Gasteiger partial charge in [-0.15, -0.1) is 0 Å². The van der Waals surface area contributed by atoms with Gasteiger partial charge in [0.05, 0.1) is 12.7 Å². The first-order valence-electron chi connectivity index (χ1n) is 6.37. The van der Waals surface area contributed by atoms with Gasteiger partial charge >= 0.3 is 0 Å². The first-order valence-corrected chi connectivity index (χ1v) is 6.37. The summed E-state index contributed by atoms with van der Waals surface area (Å²) in [6.07, 6.45) is 0.717. The Morgan fingerprint density at radius 3 is 2.12 bits per heavy atom. The Hall–Kier alpha value is -0.860. The van der Waals surface area contributed by atoms with Crippen molar-refractivity contribution in [3.63, 3.8) is 0 Å². The van der Waals surface area contributed by atoms with Gasteiger partial charge in [0.1, 0.15) is 6.10 Å². The first kappa shape index (κ1) is 14.2. The molecule has 0 radical (unpaired) electrons. The van der Waals surface area contributed by atoms with E-state index in [1.807, 2.05) is 26.0 Å². The third-order valence-corrected chi connectivity index (χ3v) is 2.60. The van der Waals surface area contributed by atoms with Crippen LogP contribution in [0.3, 0.4) is 0 Å². The average Bonchev–Trinajstić information content (AvgIpc) is 2.26. The fraction of sp³-hybridized carbons (Fsp3) is 0.600. The standard InChI is InChI=1S/C15H24O2/c1-11(2)9-13-5-7-14(8-6-13)15(16)10-17-12(3)4/h5-8,11-12,15-16H,9-10H2,1-4H3. The summed E-state index contributed by atoms with van der Waals surface area (Å²) >= 11 is 0. The summed E-state index contributed by atoms with van der Waals surface area (Å²) in [6, 6.07) is 8.17. The summed E-state index contributed by atoms with van der Waals surface area (Å²) in [6.45, 7) is 8.72. The van der Waals surface area contributed by atoms with Crippen molar-refractivity contribution >= 4 is 0 Å². The molecule has 1 atom stereocenters. The number of rotatable bonds is 6. The lowest BCUT2D eigenvalue weighted by molar-refractivity contribution is 0.00492. The molecule has 0 aromatic heterocycles. The van der Waals surface area contributed by atoms with Crippen molar-refractivity contribution in [3.8, 4) is 0 Å². The van der Waals surface area contributed by atoms with Crippen LogP contribution in [-0.2, 0) is 11.2 Å². The molecular formula is C15H24O2. The van der Waals surface area contributed by atoms with Crippen molar-refractivity contribution < 1.29 is 9.84 Å². The fourth-order valence-electron chi connectivity index (χ4n) is 1.73. The molecule has 0 spiro atoms. The Balaban J connectivity index is 2.54. The Morgan fingerprint density at radius 1 is 1.06 bits per heavy atom. The van der Waals surface area contributed by atoms with E-state index in [9.17, 15) is 5.11 Å². The molecule has 2 heteroatoms. The van der Waals surface area contributed by atoms with Crippen LogP contribution >= 0.6 is 0 Å². The molecule has 0 aliphatic rings. The highest BCUT2D eigenvalue weighted by Crippen LogP contribution is 2.16. The zero-order valence-electron chi connectivity index (χ0n) is 11.3. The van der Waals surface area contributed by atoms with E-state index in [-0.39, 0.29) is 6.10 Å². The minimum Gasteiger partial charge on any atom is -0.386 e. The normalized spacial score (nSPS) is 13.4. The molecule has 1 aromatic rings. The SMILES string of the molecule is CC(C)Cc1ccc(C(O)COC(C)C)cc1. The van der Waals surface area contributed by atoms with E-state index in [1.54, 1.807) is 0 Å². The molecule has 0 fully saturated rings. The molecule has 0 heterocycles. The first-order chi connectivity index (χ1) is 7.99. The van der Waals surface area contributed by atoms with E-state index in [1.165, 1.54) is 5.56 Å². The smallest absolute Gasteiger partial charge is 0.102 e. The summed E-state index contributed by atoms with van der Waals surface area (Å²) in [7, 11) is 0. The maximum Gasteiger partial charge on any atom is 0.102 e. The number of hydrogen-bond donors (Lipinski definition) is 1. The maximum absolute atomic E-state index is 9.92. The van der Waals surface area contributed by atoms with Crippen LogP contribution in [0.2, 0.25) is 0 Å². The molecule has 96 valence electrons. The van der Waals surface area contributed by atoms with Gasteiger partial charge in [-0.25, -0.2) is 0 Å². The zero-order valence-corrected chi connectivity index (χ0v) is 11.3. The monoisotopic (exact) mass is 236 g/mol. The van der Waals surface area contributed by atoms with Crippen molar-refractivity contribution in [2.24, 2.45) is 5.92 Å². The molecule has 17 heavy (non-hydrogen) atoms. The van der Waals surface area contributed by atoms with E-state index in [4.69, 9.17) is 4.74 Å². The van der Waals surface area contributed by atoms with Crippen molar-refractivity contribution in [2.75, 3.05) is 6.61 Å². The largest absolute Gasteiger partial charge is 0.386 e. The van der Waals surface area contributed by atoms with Crippen LogP contribution in [0.4, 0.5) is 0 Å². The highest BCUT2D eigenvalue weighted by Gasteiger charge is 2.08. The highest BCUT2D eigenvalue weighted by atomic mass is 16.5. The highest BCUT2D eigenvalue weighted by molar-refractivity contribution is 5.24. The van der Waals surface area contributed by atoms with Crippen LogP contribution in [0, 0.1) is 5.92 Å². The van der Waals surface area contributed by atoms with Crippen LogP contribution in [0.1, 0.15) is 44.9 Å². The Morgan fingerprint density at radius 2 is 1.65 bits per heavy atom. The topological polar surface area (TPSA) is 29.5 Å². The van der Waals surface area contributed by atoms with Crippen LogP contribution < -0.4 is 0 Å². The molecule has 0 aliphatic heterocycles. The second kappa shape index (κ2) is 6.77. The minimum absolute atomic E-state index is 0.157. The van der Waals surface area contributed by atoms with Crippen LogP contribution in [0.15, 0.2) is 24.3 Å². The lowest BCUT2D eigenvalue weighted by atomic mass is 10.0. The van der Waals surface area contributed by atoms with Gasteiger partial charge in [-0.05, 0) is 37.3 Å². The van der Waals surface area contributed by atoms with Gasteiger partial charge in [0.15, 0.2) is 0 Å². The average molecular weight is 236 g/mol. The Kier molecular flexibility index (Phi) is 5.66. The Labute approximate surface area is 105 Å². The fourth-order valence-corrected chi connectivity index (χ4v) is 1.73. The van der Waals surface area contributed by atoms with Gasteiger partial charge in [0, 0.05) is 0 Å². The molecule has 0 aliphatic carbocycles. The third-order valence-electron chi connectivity index (χ3n) is 2.60. The lowest BCUT2D eigenvalue weighted by Crippen LogP contribution is -2.11. The van der Waals surface area contributed by atoms with Crippen molar-refractivity contribution in [2.45, 2.75) is 46.3 Å². The maximum atomic E-state index is 9.92. The number of ether oxygens (including phenoxy) is 1. The van der Waals surface area contributed by atoms with Gasteiger partial charge < -0.3 is 9.84 Å². The molecule has 1 rings (SSSR count). The minimum atomic E-state index is -0.523. The summed E-state index contributed by atoms with van der Waals surface area (Å²) in [5.41, 5.74) is 2.25. The second-order valence-corrected chi connectivity index (χ2v) is 5.24. The summed E-state index contributed by atoms with van der Waals surface area (Å²) in [5, 5.41) is 9.92. The van der Waals surface area contributed by atoms with Gasteiger partial charge in [0.25, 0.3) is 0 Å². The molecule has 1 unspecified atom stereocenters. The second-order valence-electron chi connectivity index (χ2n) is 5.24. The summed E-state index contributed by atoms with van der Waals surface area (Å²) in [4.78, 5) is 0. The van der Waals surface area contributed by atoms with Crippen molar-refractivity contribution in [1.82, 2.24) is 0 Å².